The first-order chi connectivity index (χ1) is 13.0. The molecule has 3 aromatic rings. The van der Waals surface area contributed by atoms with Crippen LogP contribution in [-0.4, -0.2) is 23.5 Å². The topological polar surface area (TPSA) is 103 Å². The maximum absolute atomic E-state index is 12.9. The minimum absolute atomic E-state index is 0.0307. The molecule has 2 aromatic carbocycles. The number of aromatic nitrogens is 1. The molecule has 0 radical (unpaired) electrons. The van der Waals surface area contributed by atoms with Gasteiger partial charge in [0.2, 0.25) is 5.43 Å². The van der Waals surface area contributed by atoms with Crippen LogP contribution in [0.3, 0.4) is 0 Å². The van der Waals surface area contributed by atoms with Gasteiger partial charge in [-0.2, -0.15) is 0 Å². The average Bonchev–Trinajstić information content (AvgIpc) is 2.68. The van der Waals surface area contributed by atoms with E-state index in [1.807, 2.05) is 11.5 Å². The summed E-state index contributed by atoms with van der Waals surface area (Å²) in [7, 11) is 1.51. The quantitative estimate of drug-likeness (QED) is 0.724. The second-order valence-corrected chi connectivity index (χ2v) is 5.90. The van der Waals surface area contributed by atoms with Crippen molar-refractivity contribution in [1.82, 2.24) is 4.57 Å². The lowest BCUT2D eigenvalue weighted by Gasteiger charge is -2.13. The molecule has 7 nitrogen and oxygen atoms in total. The fourth-order valence-electron chi connectivity index (χ4n) is 2.92. The van der Waals surface area contributed by atoms with Crippen molar-refractivity contribution >= 4 is 28.4 Å². The number of para-hydroxylation sites is 1. The van der Waals surface area contributed by atoms with E-state index < -0.39 is 17.2 Å². The Morgan fingerprint density at radius 2 is 1.89 bits per heavy atom. The van der Waals surface area contributed by atoms with Gasteiger partial charge in [0.05, 0.1) is 29.3 Å². The number of nitrogens with zero attached hydrogens (tertiary/aromatic N) is 1. The molecule has 0 saturated heterocycles. The van der Waals surface area contributed by atoms with E-state index in [-0.39, 0.29) is 16.8 Å². The van der Waals surface area contributed by atoms with Crippen LogP contribution in [0, 0.1) is 0 Å². The molecule has 138 valence electrons. The van der Waals surface area contributed by atoms with Crippen LogP contribution in [0.2, 0.25) is 0 Å². The number of carbonyl (C=O) groups is 2. The second kappa shape index (κ2) is 7.33. The zero-order valence-corrected chi connectivity index (χ0v) is 15.0. The highest BCUT2D eigenvalue weighted by molar-refractivity contribution is 6.09. The number of carbonyl (C=O) groups excluding carboxylic acids is 2. The third kappa shape index (κ3) is 3.39. The van der Waals surface area contributed by atoms with Gasteiger partial charge in [-0.1, -0.05) is 12.1 Å². The molecule has 1 aromatic heterocycles. The number of rotatable bonds is 5. The number of pyridine rings is 1. The maximum atomic E-state index is 12.9. The summed E-state index contributed by atoms with van der Waals surface area (Å²) in [5.41, 5.74) is 6.03. The summed E-state index contributed by atoms with van der Waals surface area (Å²) in [5.74, 6) is -0.750. The van der Waals surface area contributed by atoms with Crippen LogP contribution >= 0.6 is 0 Å². The van der Waals surface area contributed by atoms with Crippen LogP contribution < -0.4 is 21.2 Å². The van der Waals surface area contributed by atoms with E-state index >= 15 is 0 Å². The largest absolute Gasteiger partial charge is 0.497 e. The highest BCUT2D eigenvalue weighted by atomic mass is 16.5. The van der Waals surface area contributed by atoms with E-state index in [0.717, 1.165) is 0 Å². The Morgan fingerprint density at radius 1 is 1.15 bits per heavy atom. The summed E-state index contributed by atoms with van der Waals surface area (Å²) in [5, 5.41) is 2.99. The first kappa shape index (κ1) is 18.2. The molecule has 0 aliphatic carbocycles. The number of primary amides is 1. The number of nitrogens with two attached hydrogens (primary N) is 1. The number of benzene rings is 2. The summed E-state index contributed by atoms with van der Waals surface area (Å²) in [6.07, 6.45) is 1.51. The summed E-state index contributed by atoms with van der Waals surface area (Å²) in [6.45, 7) is 2.49. The lowest BCUT2D eigenvalue weighted by Crippen LogP contribution is -2.25. The second-order valence-electron chi connectivity index (χ2n) is 5.90. The molecule has 0 saturated carbocycles. The van der Waals surface area contributed by atoms with Crippen LogP contribution in [0.25, 0.3) is 10.9 Å². The van der Waals surface area contributed by atoms with Crippen molar-refractivity contribution in [3.63, 3.8) is 0 Å². The van der Waals surface area contributed by atoms with Gasteiger partial charge in [0.15, 0.2) is 0 Å². The van der Waals surface area contributed by atoms with Gasteiger partial charge < -0.3 is 20.4 Å². The number of anilines is 1. The van der Waals surface area contributed by atoms with Gasteiger partial charge in [-0.25, -0.2) is 0 Å². The number of ether oxygens (including phenoxy) is 1. The predicted molar refractivity (Wildman–Crippen MR) is 103 cm³/mol. The third-order valence-corrected chi connectivity index (χ3v) is 4.31. The van der Waals surface area contributed by atoms with Crippen molar-refractivity contribution in [1.29, 1.82) is 0 Å². The molecule has 1 heterocycles. The number of fused-ring (bicyclic) bond motifs is 1. The summed E-state index contributed by atoms with van der Waals surface area (Å²) >= 11 is 0. The van der Waals surface area contributed by atoms with Gasteiger partial charge in [0, 0.05) is 12.7 Å². The van der Waals surface area contributed by atoms with Crippen LogP contribution in [0.4, 0.5) is 5.69 Å². The number of hydrogen-bond donors (Lipinski definition) is 2. The molecule has 27 heavy (non-hydrogen) atoms. The van der Waals surface area contributed by atoms with Crippen LogP contribution in [0.15, 0.2) is 53.5 Å². The summed E-state index contributed by atoms with van der Waals surface area (Å²) < 4.78 is 7.00. The normalized spacial score (nSPS) is 10.6. The first-order valence-electron chi connectivity index (χ1n) is 8.37. The van der Waals surface area contributed by atoms with E-state index in [0.29, 0.717) is 23.2 Å². The molecule has 0 unspecified atom stereocenters. The smallest absolute Gasteiger partial charge is 0.261 e. The first-order valence-corrected chi connectivity index (χ1v) is 8.37. The molecular weight excluding hydrogens is 346 g/mol. The molecule has 0 aliphatic heterocycles. The zero-order valence-electron chi connectivity index (χ0n) is 15.0. The standard InChI is InChI=1S/C20H19N3O4/c1-3-23-11-15(18(24)14-10-12(27-2)8-9-17(14)23)20(26)22-16-7-5-4-6-13(16)19(21)25/h4-11H,3H2,1-2H3,(H2,21,25)(H,22,26). The Hall–Kier alpha value is -3.61. The number of nitrogens with one attached hydrogen (secondary N) is 1. The van der Waals surface area contributed by atoms with Crippen molar-refractivity contribution in [2.24, 2.45) is 5.73 Å². The monoisotopic (exact) mass is 365 g/mol. The lowest BCUT2D eigenvalue weighted by atomic mass is 10.1. The number of aryl methyl sites for hydroxylation is 1. The van der Waals surface area contributed by atoms with Gasteiger partial charge in [0.25, 0.3) is 11.8 Å². The molecule has 0 aliphatic rings. The van der Waals surface area contributed by atoms with Crippen LogP contribution in [0.1, 0.15) is 27.6 Å². The van der Waals surface area contributed by atoms with E-state index in [4.69, 9.17) is 10.5 Å². The average molecular weight is 365 g/mol. The van der Waals surface area contributed by atoms with Gasteiger partial charge in [-0.05, 0) is 37.3 Å². The highest BCUT2D eigenvalue weighted by Crippen LogP contribution is 2.20. The molecule has 0 atom stereocenters. The number of hydrogen-bond acceptors (Lipinski definition) is 4. The van der Waals surface area contributed by atoms with Gasteiger partial charge in [-0.3, -0.25) is 14.4 Å². The van der Waals surface area contributed by atoms with Gasteiger partial charge in [-0.15, -0.1) is 0 Å². The van der Waals surface area contributed by atoms with Gasteiger partial charge >= 0.3 is 0 Å². The Balaban J connectivity index is 2.11. The third-order valence-electron chi connectivity index (χ3n) is 4.31. The molecule has 0 bridgehead atoms. The highest BCUT2D eigenvalue weighted by Gasteiger charge is 2.18. The van der Waals surface area contributed by atoms with Crippen molar-refractivity contribution in [3.05, 3.63) is 70.0 Å². The fraction of sp³-hybridized carbons (Fsp3) is 0.150. The van der Waals surface area contributed by atoms with Crippen molar-refractivity contribution in [2.75, 3.05) is 12.4 Å². The van der Waals surface area contributed by atoms with Crippen LogP contribution in [-0.2, 0) is 6.54 Å². The van der Waals surface area contributed by atoms with E-state index in [9.17, 15) is 14.4 Å². The Morgan fingerprint density at radius 3 is 2.56 bits per heavy atom. The zero-order chi connectivity index (χ0) is 19.6. The lowest BCUT2D eigenvalue weighted by molar-refractivity contribution is 0.100. The molecule has 2 amide bonds. The molecule has 3 N–H and O–H groups in total. The minimum Gasteiger partial charge on any atom is -0.497 e. The Labute approximate surface area is 155 Å². The predicted octanol–water partition coefficient (Wildman–Crippen LogP) is 2.38. The van der Waals surface area contributed by atoms with Crippen molar-refractivity contribution < 1.29 is 14.3 Å². The number of amides is 2. The summed E-state index contributed by atoms with van der Waals surface area (Å²) in [6, 6.07) is 11.5. The minimum atomic E-state index is -0.667. The van der Waals surface area contributed by atoms with E-state index in [1.165, 1.54) is 19.4 Å². The Kier molecular flexibility index (Phi) is 4.94. The fourth-order valence-corrected chi connectivity index (χ4v) is 2.92. The van der Waals surface area contributed by atoms with E-state index in [2.05, 4.69) is 5.32 Å². The van der Waals surface area contributed by atoms with Crippen molar-refractivity contribution in [3.8, 4) is 5.75 Å². The SMILES string of the molecule is CCn1cc(C(=O)Nc2ccccc2C(N)=O)c(=O)c2cc(OC)ccc21. The summed E-state index contributed by atoms with van der Waals surface area (Å²) in [4.78, 5) is 37.2. The van der Waals surface area contributed by atoms with E-state index in [1.54, 1.807) is 36.4 Å². The van der Waals surface area contributed by atoms with Crippen molar-refractivity contribution in [2.45, 2.75) is 13.5 Å². The number of methoxy groups -OCH3 is 1. The maximum Gasteiger partial charge on any atom is 0.261 e. The van der Waals surface area contributed by atoms with Gasteiger partial charge in [0.1, 0.15) is 11.3 Å². The molecule has 3 rings (SSSR count). The molecule has 0 fully saturated rings. The molecule has 7 heteroatoms. The Bertz CT molecular complexity index is 1100. The molecular formula is C20H19N3O4. The molecule has 0 spiro atoms. The van der Waals surface area contributed by atoms with Crippen LogP contribution in [0.5, 0.6) is 5.75 Å².